The minimum Gasteiger partial charge on any atom is -0.454 e. The number of nitriles is 1. The quantitative estimate of drug-likeness (QED) is 0.187. The number of hydrogen-bond acceptors (Lipinski definition) is 4. The Balaban J connectivity index is 1.28. The predicted molar refractivity (Wildman–Crippen MR) is 209 cm³/mol. The summed E-state index contributed by atoms with van der Waals surface area (Å²) in [6.07, 6.45) is 3.22. The SMILES string of the molecule is N#Cc1c(-c2ccncn2)cccc1-c1cccc2c1Oc1c(-n3c4ccccc4c4ccccc43)cccc1C21c2ccccc2-c2ccccc21. The van der Waals surface area contributed by atoms with E-state index in [1.165, 1.54) is 39.4 Å². The van der Waals surface area contributed by atoms with E-state index in [1.54, 1.807) is 6.20 Å². The van der Waals surface area contributed by atoms with Crippen LogP contribution in [0.5, 0.6) is 11.5 Å². The fourth-order valence-corrected chi connectivity index (χ4v) is 9.06. The standard InChI is InChI=1S/C48H28N4O/c49-28-37-30(16-9-17-33(37)42-26-27-50-29-51-42)36-18-10-21-40-46(36)53-47-41(48(40)38-19-5-1-12-31(38)32-13-2-6-20-39(32)48)22-11-25-45(47)52-43-23-7-3-14-34(43)35-15-4-8-24-44(35)52/h1-27,29H. The van der Waals surface area contributed by atoms with Gasteiger partial charge in [0.1, 0.15) is 18.1 Å². The lowest BCUT2D eigenvalue weighted by molar-refractivity contribution is 0.436. The Morgan fingerprint density at radius 2 is 1.06 bits per heavy atom. The second-order valence-corrected chi connectivity index (χ2v) is 13.6. The van der Waals surface area contributed by atoms with Gasteiger partial charge in [0.25, 0.3) is 0 Å². The third kappa shape index (κ3) is 3.89. The molecule has 53 heavy (non-hydrogen) atoms. The van der Waals surface area contributed by atoms with Crippen molar-refractivity contribution in [2.24, 2.45) is 0 Å². The van der Waals surface area contributed by atoms with E-state index in [2.05, 4.69) is 154 Å². The van der Waals surface area contributed by atoms with Gasteiger partial charge >= 0.3 is 0 Å². The lowest BCUT2D eigenvalue weighted by Crippen LogP contribution is -2.32. The number of ether oxygens (including phenoxy) is 1. The number of para-hydroxylation sites is 4. The van der Waals surface area contributed by atoms with E-state index in [1.807, 2.05) is 24.3 Å². The van der Waals surface area contributed by atoms with Crippen molar-refractivity contribution >= 4 is 21.8 Å². The molecular weight excluding hydrogens is 649 g/mol. The van der Waals surface area contributed by atoms with Crippen LogP contribution in [0.2, 0.25) is 0 Å². The van der Waals surface area contributed by atoms with E-state index in [0.717, 1.165) is 56.0 Å². The molecular formula is C48H28N4O. The van der Waals surface area contributed by atoms with Crippen LogP contribution in [0.4, 0.5) is 0 Å². The third-order valence-corrected chi connectivity index (χ3v) is 11.1. The van der Waals surface area contributed by atoms with Gasteiger partial charge < -0.3 is 9.30 Å². The van der Waals surface area contributed by atoms with E-state index in [-0.39, 0.29) is 0 Å². The van der Waals surface area contributed by atoms with Gasteiger partial charge in [-0.05, 0) is 46.5 Å². The highest BCUT2D eigenvalue weighted by Gasteiger charge is 2.52. The van der Waals surface area contributed by atoms with E-state index in [0.29, 0.717) is 11.3 Å². The van der Waals surface area contributed by atoms with Crippen molar-refractivity contribution in [3.05, 3.63) is 198 Å². The molecule has 9 aromatic rings. The van der Waals surface area contributed by atoms with Gasteiger partial charge in [-0.1, -0.05) is 133 Å². The maximum absolute atomic E-state index is 10.8. The highest BCUT2D eigenvalue weighted by Crippen LogP contribution is 2.64. The molecule has 0 fully saturated rings. The smallest absolute Gasteiger partial charge is 0.156 e. The minimum atomic E-state index is -0.696. The van der Waals surface area contributed by atoms with Crippen LogP contribution < -0.4 is 4.74 Å². The van der Waals surface area contributed by atoms with Gasteiger partial charge in [0.05, 0.1) is 33.4 Å². The fourth-order valence-electron chi connectivity index (χ4n) is 9.06. The van der Waals surface area contributed by atoms with Crippen molar-refractivity contribution < 1.29 is 4.74 Å². The Labute approximate surface area is 305 Å². The molecule has 2 aliphatic rings. The summed E-state index contributed by atoms with van der Waals surface area (Å²) in [5.74, 6) is 1.52. The molecule has 5 heteroatoms. The molecule has 11 rings (SSSR count). The highest BCUT2D eigenvalue weighted by atomic mass is 16.5. The Bertz CT molecular complexity index is 2910. The van der Waals surface area contributed by atoms with E-state index in [9.17, 15) is 5.26 Å². The lowest BCUT2D eigenvalue weighted by atomic mass is 9.65. The van der Waals surface area contributed by atoms with Crippen LogP contribution in [0.3, 0.4) is 0 Å². The Hall–Kier alpha value is -7.29. The van der Waals surface area contributed by atoms with E-state index >= 15 is 0 Å². The van der Waals surface area contributed by atoms with Crippen LogP contribution >= 0.6 is 0 Å². The first-order valence-electron chi connectivity index (χ1n) is 17.7. The Kier molecular flexibility index (Phi) is 6.17. The highest BCUT2D eigenvalue weighted by molar-refractivity contribution is 6.09. The molecule has 0 N–H and O–H groups in total. The monoisotopic (exact) mass is 676 g/mol. The summed E-state index contributed by atoms with van der Waals surface area (Å²) >= 11 is 0. The number of fused-ring (bicyclic) bond motifs is 12. The molecule has 5 nitrogen and oxygen atoms in total. The molecule has 0 radical (unpaired) electrons. The second kappa shape index (κ2) is 11.1. The predicted octanol–water partition coefficient (Wildman–Crippen LogP) is 11.2. The molecule has 2 aromatic heterocycles. The van der Waals surface area contributed by atoms with Gasteiger partial charge in [-0.3, -0.25) is 0 Å². The fraction of sp³-hybridized carbons (Fsp3) is 0.0208. The first-order chi connectivity index (χ1) is 26.3. The Morgan fingerprint density at radius 1 is 0.509 bits per heavy atom. The number of benzene rings is 7. The molecule has 0 saturated heterocycles. The lowest BCUT2D eigenvalue weighted by Gasteiger charge is -2.41. The molecule has 0 unspecified atom stereocenters. The average molecular weight is 677 g/mol. The van der Waals surface area contributed by atoms with Gasteiger partial charge in [0.15, 0.2) is 5.75 Å². The Morgan fingerprint density at radius 3 is 1.74 bits per heavy atom. The van der Waals surface area contributed by atoms with Crippen LogP contribution in [-0.4, -0.2) is 14.5 Å². The van der Waals surface area contributed by atoms with Crippen molar-refractivity contribution in [3.8, 4) is 56.8 Å². The van der Waals surface area contributed by atoms with Gasteiger partial charge in [-0.25, -0.2) is 9.97 Å². The van der Waals surface area contributed by atoms with Crippen molar-refractivity contribution in [1.82, 2.24) is 14.5 Å². The number of rotatable bonds is 3. The van der Waals surface area contributed by atoms with Crippen LogP contribution in [0.15, 0.2) is 170 Å². The molecule has 0 atom stereocenters. The second-order valence-electron chi connectivity index (χ2n) is 13.6. The zero-order valence-electron chi connectivity index (χ0n) is 28.4. The van der Waals surface area contributed by atoms with Crippen LogP contribution in [0.1, 0.15) is 27.8 Å². The summed E-state index contributed by atoms with van der Waals surface area (Å²) in [5.41, 5.74) is 13.0. The van der Waals surface area contributed by atoms with Crippen molar-refractivity contribution in [1.29, 1.82) is 5.26 Å². The van der Waals surface area contributed by atoms with E-state index < -0.39 is 5.41 Å². The van der Waals surface area contributed by atoms with Crippen molar-refractivity contribution in [3.63, 3.8) is 0 Å². The average Bonchev–Trinajstić information content (AvgIpc) is 3.72. The maximum Gasteiger partial charge on any atom is 0.156 e. The normalized spacial score (nSPS) is 13.2. The van der Waals surface area contributed by atoms with Gasteiger partial charge in [0.2, 0.25) is 0 Å². The zero-order valence-corrected chi connectivity index (χ0v) is 28.4. The summed E-state index contributed by atoms with van der Waals surface area (Å²) in [5, 5.41) is 13.2. The van der Waals surface area contributed by atoms with Crippen LogP contribution in [0, 0.1) is 11.3 Å². The molecule has 3 heterocycles. The number of nitrogens with zero attached hydrogens (tertiary/aromatic N) is 4. The maximum atomic E-state index is 10.8. The summed E-state index contributed by atoms with van der Waals surface area (Å²) < 4.78 is 9.76. The molecule has 0 saturated carbocycles. The molecule has 1 aliphatic carbocycles. The minimum absolute atomic E-state index is 0.533. The number of aromatic nitrogens is 3. The van der Waals surface area contributed by atoms with Crippen molar-refractivity contribution in [2.75, 3.05) is 0 Å². The van der Waals surface area contributed by atoms with Crippen LogP contribution in [-0.2, 0) is 5.41 Å². The largest absolute Gasteiger partial charge is 0.454 e. The van der Waals surface area contributed by atoms with Gasteiger partial charge in [-0.2, -0.15) is 5.26 Å². The zero-order chi connectivity index (χ0) is 35.1. The van der Waals surface area contributed by atoms with Crippen LogP contribution in [0.25, 0.3) is 61.0 Å². The molecule has 0 amide bonds. The molecule has 246 valence electrons. The topological polar surface area (TPSA) is 63.7 Å². The number of hydrogen-bond donors (Lipinski definition) is 0. The first-order valence-corrected chi connectivity index (χ1v) is 17.7. The molecule has 7 aromatic carbocycles. The molecule has 1 aliphatic heterocycles. The molecule has 0 bridgehead atoms. The summed E-state index contributed by atoms with van der Waals surface area (Å²) in [7, 11) is 0. The van der Waals surface area contributed by atoms with E-state index in [4.69, 9.17) is 4.74 Å². The first kappa shape index (κ1) is 29.4. The molecule has 1 spiro atoms. The van der Waals surface area contributed by atoms with Gasteiger partial charge in [-0.15, -0.1) is 0 Å². The summed E-state index contributed by atoms with van der Waals surface area (Å²) in [4.78, 5) is 8.63. The summed E-state index contributed by atoms with van der Waals surface area (Å²) in [6, 6.07) is 57.9. The van der Waals surface area contributed by atoms with Crippen molar-refractivity contribution in [2.45, 2.75) is 5.41 Å². The summed E-state index contributed by atoms with van der Waals surface area (Å²) in [6.45, 7) is 0. The third-order valence-electron chi connectivity index (χ3n) is 11.1. The van der Waals surface area contributed by atoms with Gasteiger partial charge in [0, 0.05) is 44.8 Å².